The molecule has 138 valence electrons. The Morgan fingerprint density at radius 1 is 1.24 bits per heavy atom. The van der Waals surface area contributed by atoms with Crippen LogP contribution in [0, 0.1) is 5.82 Å². The van der Waals surface area contributed by atoms with Crippen molar-refractivity contribution in [3.05, 3.63) is 52.1 Å². The lowest BCUT2D eigenvalue weighted by Crippen LogP contribution is -2.41. The van der Waals surface area contributed by atoms with Crippen molar-refractivity contribution in [1.82, 2.24) is 14.9 Å². The molecule has 0 aliphatic rings. The highest BCUT2D eigenvalue weighted by Crippen LogP contribution is 2.32. The van der Waals surface area contributed by atoms with Gasteiger partial charge in [-0.2, -0.15) is 18.3 Å². The Morgan fingerprint density at radius 2 is 1.88 bits per heavy atom. The average molecular weight is 398 g/mol. The molecule has 2 atom stereocenters. The fraction of sp³-hybridized carbons (Fsp3) is 0.400. The molecule has 0 spiro atoms. The highest BCUT2D eigenvalue weighted by molar-refractivity contribution is 7.90. The number of nitrogens with one attached hydrogen (secondary N) is 2. The van der Waals surface area contributed by atoms with Gasteiger partial charge < -0.3 is 4.55 Å². The van der Waals surface area contributed by atoms with Gasteiger partial charge in [0.2, 0.25) is 0 Å². The molecule has 0 bridgehead atoms. The summed E-state index contributed by atoms with van der Waals surface area (Å²) in [6.45, 7) is 5.11. The topological polar surface area (TPSA) is 63.8 Å². The van der Waals surface area contributed by atoms with Gasteiger partial charge in [-0.25, -0.2) is 4.39 Å². The van der Waals surface area contributed by atoms with Gasteiger partial charge in [0.25, 0.3) is 0 Å². The van der Waals surface area contributed by atoms with Crippen LogP contribution in [0.5, 0.6) is 0 Å². The monoisotopic (exact) mass is 397 g/mol. The number of benzene rings is 1. The zero-order valence-electron chi connectivity index (χ0n) is 13.5. The second-order valence-electron chi connectivity index (χ2n) is 6.31. The van der Waals surface area contributed by atoms with Crippen molar-refractivity contribution in [2.24, 2.45) is 0 Å². The summed E-state index contributed by atoms with van der Waals surface area (Å²) in [5.41, 5.74) is -0.735. The summed E-state index contributed by atoms with van der Waals surface area (Å²) < 4.78 is 66.3. The molecule has 0 saturated carbocycles. The lowest BCUT2D eigenvalue weighted by atomic mass is 10.0. The SMILES string of the molecule is CC(C)(C)[S@@+]([O-])N[C@H](c1ccc(F)c(Cl)c1)c1cc(C(F)(F)F)[nH]n1. The van der Waals surface area contributed by atoms with Gasteiger partial charge >= 0.3 is 6.18 Å². The van der Waals surface area contributed by atoms with Crippen molar-refractivity contribution < 1.29 is 22.1 Å². The summed E-state index contributed by atoms with van der Waals surface area (Å²) in [6.07, 6.45) is -4.60. The van der Waals surface area contributed by atoms with Gasteiger partial charge in [-0.3, -0.25) is 5.10 Å². The Kier molecular flexibility index (Phi) is 5.72. The molecule has 1 aromatic heterocycles. The minimum atomic E-state index is -4.60. The van der Waals surface area contributed by atoms with Crippen molar-refractivity contribution in [3.63, 3.8) is 0 Å². The van der Waals surface area contributed by atoms with Crippen molar-refractivity contribution >= 4 is 23.0 Å². The standard InChI is InChI=1S/C15H16ClF4N3OS/c1-14(2,3)25(24)23-13(8-4-5-10(17)9(16)6-8)11-7-12(22-21-11)15(18,19)20/h4-7,13,23H,1-3H3,(H,21,22)/t13-,25-/m1/s1. The molecule has 0 unspecified atom stereocenters. The maximum Gasteiger partial charge on any atom is 0.432 e. The Morgan fingerprint density at radius 3 is 2.36 bits per heavy atom. The molecule has 2 rings (SSSR count). The number of nitrogens with zero attached hydrogens (tertiary/aromatic N) is 1. The summed E-state index contributed by atoms with van der Waals surface area (Å²) in [4.78, 5) is 0. The largest absolute Gasteiger partial charge is 0.598 e. The van der Waals surface area contributed by atoms with Gasteiger partial charge in [0.15, 0.2) is 0 Å². The number of hydrogen-bond donors (Lipinski definition) is 2. The minimum absolute atomic E-state index is 0.0346. The third-order valence-electron chi connectivity index (χ3n) is 3.26. The molecule has 2 aromatic rings. The van der Waals surface area contributed by atoms with Gasteiger partial charge in [0.1, 0.15) is 22.3 Å². The van der Waals surface area contributed by atoms with Crippen molar-refractivity contribution in [3.8, 4) is 0 Å². The van der Waals surface area contributed by atoms with E-state index in [1.165, 1.54) is 12.1 Å². The molecule has 0 amide bonds. The third-order valence-corrected chi connectivity index (χ3v) is 5.11. The molecule has 0 fully saturated rings. The second kappa shape index (κ2) is 7.14. The Labute approximate surface area is 150 Å². The van der Waals surface area contributed by atoms with Gasteiger partial charge in [-0.15, -0.1) is 4.72 Å². The van der Waals surface area contributed by atoms with Crippen LogP contribution in [0.3, 0.4) is 0 Å². The summed E-state index contributed by atoms with van der Waals surface area (Å²) >= 11 is 4.15. The van der Waals surface area contributed by atoms with E-state index in [9.17, 15) is 22.1 Å². The first kappa shape index (κ1) is 20.0. The van der Waals surface area contributed by atoms with Crippen molar-refractivity contribution in [2.75, 3.05) is 0 Å². The lowest BCUT2D eigenvalue weighted by molar-refractivity contribution is -0.141. The Bertz CT molecular complexity index is 745. The number of aromatic nitrogens is 2. The number of rotatable bonds is 4. The maximum absolute atomic E-state index is 13.4. The van der Waals surface area contributed by atoms with Crippen LogP contribution in [-0.4, -0.2) is 19.5 Å². The number of halogens is 5. The van der Waals surface area contributed by atoms with Crippen LogP contribution < -0.4 is 4.72 Å². The molecule has 0 saturated heterocycles. The number of hydrogen-bond acceptors (Lipinski definition) is 3. The van der Waals surface area contributed by atoms with Gasteiger partial charge in [0, 0.05) is 11.4 Å². The lowest BCUT2D eigenvalue weighted by Gasteiger charge is -2.27. The molecular formula is C15H16ClF4N3OS. The number of alkyl halides is 3. The first-order valence-corrected chi connectivity index (χ1v) is 8.68. The van der Waals surface area contributed by atoms with Crippen molar-refractivity contribution in [2.45, 2.75) is 37.7 Å². The molecule has 1 aromatic carbocycles. The minimum Gasteiger partial charge on any atom is -0.598 e. The normalized spacial score (nSPS) is 15.2. The Hall–Kier alpha value is -1.29. The van der Waals surface area contributed by atoms with Gasteiger partial charge in [-0.1, -0.05) is 17.7 Å². The summed E-state index contributed by atoms with van der Waals surface area (Å²) in [6, 6.07) is 3.54. The van der Waals surface area contributed by atoms with Crippen LogP contribution in [0.1, 0.15) is 43.8 Å². The molecule has 25 heavy (non-hydrogen) atoms. The fourth-order valence-electron chi connectivity index (χ4n) is 1.91. The van der Waals surface area contributed by atoms with Crippen molar-refractivity contribution in [1.29, 1.82) is 0 Å². The van der Waals surface area contributed by atoms with E-state index in [1.807, 2.05) is 5.10 Å². The van der Waals surface area contributed by atoms with Crippen LogP contribution in [0.2, 0.25) is 5.02 Å². The van der Waals surface area contributed by atoms with Crippen LogP contribution >= 0.6 is 11.6 Å². The van der Waals surface area contributed by atoms with Crippen LogP contribution in [0.15, 0.2) is 24.3 Å². The van der Waals surface area contributed by atoms with E-state index in [0.29, 0.717) is 5.56 Å². The molecule has 4 nitrogen and oxygen atoms in total. The Balaban J connectivity index is 2.45. The molecule has 0 aliphatic carbocycles. The van der Waals surface area contributed by atoms with Crippen LogP contribution in [-0.2, 0) is 17.5 Å². The number of H-pyrrole nitrogens is 1. The molecule has 2 N–H and O–H groups in total. The first-order chi connectivity index (χ1) is 11.4. The molecule has 10 heteroatoms. The van der Waals surface area contributed by atoms with E-state index >= 15 is 0 Å². The van der Waals surface area contributed by atoms with E-state index in [1.54, 1.807) is 20.8 Å². The fourth-order valence-corrected chi connectivity index (χ4v) is 2.92. The number of aromatic amines is 1. The molecule has 0 radical (unpaired) electrons. The highest BCUT2D eigenvalue weighted by atomic mass is 35.5. The van der Waals surface area contributed by atoms with E-state index in [0.717, 1.165) is 12.1 Å². The van der Waals surface area contributed by atoms with E-state index in [4.69, 9.17) is 11.6 Å². The zero-order valence-corrected chi connectivity index (χ0v) is 15.1. The summed E-state index contributed by atoms with van der Waals surface area (Å²) in [7, 11) is 0. The van der Waals surface area contributed by atoms with E-state index in [-0.39, 0.29) is 10.7 Å². The van der Waals surface area contributed by atoms with E-state index < -0.39 is 39.8 Å². The van der Waals surface area contributed by atoms with E-state index in [2.05, 4.69) is 9.82 Å². The summed E-state index contributed by atoms with van der Waals surface area (Å²) in [5, 5.41) is 5.38. The molecule has 0 aliphatic heterocycles. The third kappa shape index (κ3) is 4.87. The maximum atomic E-state index is 13.4. The van der Waals surface area contributed by atoms with Crippen LogP contribution in [0.25, 0.3) is 0 Å². The molecule has 1 heterocycles. The predicted molar refractivity (Wildman–Crippen MR) is 87.9 cm³/mol. The quantitative estimate of drug-likeness (QED) is 0.595. The highest BCUT2D eigenvalue weighted by Gasteiger charge is 2.36. The molecular weight excluding hydrogens is 382 g/mol. The van der Waals surface area contributed by atoms with Gasteiger partial charge in [-0.05, 0) is 44.5 Å². The first-order valence-electron chi connectivity index (χ1n) is 7.15. The van der Waals surface area contributed by atoms with Crippen LogP contribution in [0.4, 0.5) is 17.6 Å². The van der Waals surface area contributed by atoms with Gasteiger partial charge in [0.05, 0.1) is 10.7 Å². The predicted octanol–water partition coefficient (Wildman–Crippen LogP) is 4.36. The smallest absolute Gasteiger partial charge is 0.432 e. The summed E-state index contributed by atoms with van der Waals surface area (Å²) in [5.74, 6) is -0.667. The zero-order chi connectivity index (χ0) is 19.0. The second-order valence-corrected chi connectivity index (χ2v) is 8.71. The average Bonchev–Trinajstić information content (AvgIpc) is 2.96.